The molecule has 5 nitrogen and oxygen atoms in total. The molecule has 164 valence electrons. The van der Waals surface area contributed by atoms with E-state index >= 15 is 0 Å². The molecule has 2 aliphatic rings. The van der Waals surface area contributed by atoms with E-state index in [4.69, 9.17) is 4.74 Å². The van der Waals surface area contributed by atoms with Crippen LogP contribution in [0.25, 0.3) is 11.3 Å². The van der Waals surface area contributed by atoms with E-state index in [2.05, 4.69) is 48.1 Å². The Balaban J connectivity index is 1.51. The predicted octanol–water partition coefficient (Wildman–Crippen LogP) is 3.99. The first-order chi connectivity index (χ1) is 15.0. The quantitative estimate of drug-likeness (QED) is 0.652. The molecule has 0 spiro atoms. The van der Waals surface area contributed by atoms with Crippen LogP contribution in [0.5, 0.6) is 0 Å². The normalized spacial score (nSPS) is 17.2. The van der Waals surface area contributed by atoms with Crippen molar-refractivity contribution in [3.05, 3.63) is 64.5 Å². The van der Waals surface area contributed by atoms with Crippen molar-refractivity contribution in [1.29, 1.82) is 0 Å². The number of nitrogens with zero attached hydrogens (tertiary/aromatic N) is 2. The number of fused-ring (bicyclic) bond motifs is 2. The summed E-state index contributed by atoms with van der Waals surface area (Å²) in [6.07, 6.45) is 0.970. The fraction of sp³-hybridized carbons (Fsp3) is 0.400. The zero-order valence-corrected chi connectivity index (χ0v) is 18.5. The summed E-state index contributed by atoms with van der Waals surface area (Å²) < 4.78 is 19.7. The fourth-order valence-corrected chi connectivity index (χ4v) is 4.13. The summed E-state index contributed by atoms with van der Waals surface area (Å²) in [5.41, 5.74) is 4.86. The Hall–Kier alpha value is -2.70. The van der Waals surface area contributed by atoms with Gasteiger partial charge < -0.3 is 19.9 Å². The Morgan fingerprint density at radius 2 is 1.87 bits per heavy atom. The predicted molar refractivity (Wildman–Crippen MR) is 122 cm³/mol. The van der Waals surface area contributed by atoms with Gasteiger partial charge in [-0.3, -0.25) is 4.79 Å². The molecule has 2 aromatic carbocycles. The van der Waals surface area contributed by atoms with Crippen molar-refractivity contribution in [2.75, 3.05) is 45.1 Å². The lowest BCUT2D eigenvalue weighted by Gasteiger charge is -2.23. The van der Waals surface area contributed by atoms with Crippen LogP contribution in [0.2, 0.25) is 0 Å². The highest BCUT2D eigenvalue weighted by atomic mass is 19.1. The van der Waals surface area contributed by atoms with Crippen LogP contribution in [0.15, 0.2) is 36.4 Å². The topological polar surface area (TPSA) is 44.8 Å². The van der Waals surface area contributed by atoms with Gasteiger partial charge in [0.25, 0.3) is 5.91 Å². The summed E-state index contributed by atoms with van der Waals surface area (Å²) in [5, 5.41) is 2.80. The first-order valence-corrected chi connectivity index (χ1v) is 11.0. The number of ether oxygens (including phenoxy) is 1. The van der Waals surface area contributed by atoms with Crippen molar-refractivity contribution < 1.29 is 13.9 Å². The van der Waals surface area contributed by atoms with Crippen LogP contribution < -0.4 is 5.32 Å². The lowest BCUT2D eigenvalue weighted by molar-refractivity contribution is -0.110. The lowest BCUT2D eigenvalue weighted by atomic mass is 9.98. The molecule has 0 atom stereocenters. The van der Waals surface area contributed by atoms with E-state index in [1.807, 2.05) is 6.07 Å². The molecule has 1 amide bonds. The molecule has 0 aromatic heterocycles. The number of likely N-dealkylation sites (N-methyl/N-ethyl adjacent to an activating group) is 2. The fourth-order valence-electron chi connectivity index (χ4n) is 4.13. The molecule has 31 heavy (non-hydrogen) atoms. The zero-order chi connectivity index (χ0) is 22.0. The van der Waals surface area contributed by atoms with Crippen molar-refractivity contribution >= 4 is 22.9 Å². The highest BCUT2D eigenvalue weighted by molar-refractivity contribution is 6.36. The third-order valence-corrected chi connectivity index (χ3v) is 6.24. The maximum absolute atomic E-state index is 13.8. The number of hydrogen-bond acceptors (Lipinski definition) is 4. The van der Waals surface area contributed by atoms with Gasteiger partial charge in [0.05, 0.1) is 5.57 Å². The lowest BCUT2D eigenvalue weighted by Crippen LogP contribution is -2.34. The molecule has 6 heteroatoms. The Morgan fingerprint density at radius 3 is 2.65 bits per heavy atom. The molecule has 0 saturated heterocycles. The Kier molecular flexibility index (Phi) is 6.39. The van der Waals surface area contributed by atoms with E-state index in [9.17, 15) is 9.18 Å². The number of nitrogens with one attached hydrogen (secondary N) is 1. The average Bonchev–Trinajstić information content (AvgIpc) is 3.32. The molecule has 1 N–H and O–H groups in total. The van der Waals surface area contributed by atoms with Crippen molar-refractivity contribution in [2.45, 2.75) is 26.9 Å². The Morgan fingerprint density at radius 1 is 1.03 bits per heavy atom. The molecule has 4 rings (SSSR count). The maximum Gasteiger partial charge on any atom is 0.260 e. The molecular weight excluding hydrogens is 393 g/mol. The van der Waals surface area contributed by atoms with Gasteiger partial charge in [0.15, 0.2) is 0 Å². The van der Waals surface area contributed by atoms with Crippen molar-refractivity contribution in [3.63, 3.8) is 0 Å². The van der Waals surface area contributed by atoms with E-state index in [0.29, 0.717) is 29.2 Å². The van der Waals surface area contributed by atoms with Gasteiger partial charge in [-0.05, 0) is 50.3 Å². The summed E-state index contributed by atoms with van der Waals surface area (Å²) in [4.78, 5) is 17.4. The van der Waals surface area contributed by atoms with Crippen LogP contribution in [-0.4, -0.2) is 55.5 Å². The smallest absolute Gasteiger partial charge is 0.260 e. The van der Waals surface area contributed by atoms with Gasteiger partial charge in [0.2, 0.25) is 0 Å². The van der Waals surface area contributed by atoms with Crippen LogP contribution in [0, 0.1) is 5.82 Å². The van der Waals surface area contributed by atoms with E-state index in [-0.39, 0.29) is 11.7 Å². The zero-order valence-electron chi connectivity index (χ0n) is 18.5. The monoisotopic (exact) mass is 423 g/mol. The molecule has 2 aromatic rings. The average molecular weight is 424 g/mol. The third kappa shape index (κ3) is 4.50. The summed E-state index contributed by atoms with van der Waals surface area (Å²) >= 11 is 0. The number of halogens is 1. The van der Waals surface area contributed by atoms with Gasteiger partial charge in [0, 0.05) is 42.0 Å². The SMILES string of the molecule is CCN(C)CCN(CC)CCc1ccc2c(c1)CO/C2=C1/C(=O)Nc2ccc(F)cc21. The van der Waals surface area contributed by atoms with Gasteiger partial charge in [0.1, 0.15) is 18.2 Å². The second-order valence-corrected chi connectivity index (χ2v) is 8.21. The number of hydrogen-bond donors (Lipinski definition) is 1. The van der Waals surface area contributed by atoms with Crippen LogP contribution >= 0.6 is 0 Å². The molecule has 2 aliphatic heterocycles. The minimum atomic E-state index is -0.368. The standard InChI is InChI=1S/C25H30FN3O2/c1-4-28(3)12-13-29(5-2)11-10-17-6-8-20-18(14-17)16-31-24(20)23-21-15-19(26)7-9-22(21)27-25(23)30/h6-9,14-15H,4-5,10-13,16H2,1-3H3,(H,27,30)/b24-23+. The molecule has 0 aliphatic carbocycles. The van der Waals surface area contributed by atoms with Crippen LogP contribution in [0.3, 0.4) is 0 Å². The minimum absolute atomic E-state index is 0.247. The van der Waals surface area contributed by atoms with Crippen molar-refractivity contribution in [2.24, 2.45) is 0 Å². The van der Waals surface area contributed by atoms with Gasteiger partial charge in [-0.15, -0.1) is 0 Å². The van der Waals surface area contributed by atoms with Crippen LogP contribution in [0.1, 0.15) is 36.1 Å². The molecule has 0 fully saturated rings. The van der Waals surface area contributed by atoms with E-state index in [1.165, 1.54) is 17.7 Å². The highest BCUT2D eigenvalue weighted by Crippen LogP contribution is 2.41. The number of amides is 1. The summed E-state index contributed by atoms with van der Waals surface area (Å²) in [6, 6.07) is 10.6. The van der Waals surface area contributed by atoms with E-state index in [1.54, 1.807) is 6.07 Å². The van der Waals surface area contributed by atoms with Crippen molar-refractivity contribution in [3.8, 4) is 0 Å². The Labute approximate surface area is 183 Å². The van der Waals surface area contributed by atoms with Gasteiger partial charge in [-0.2, -0.15) is 0 Å². The second kappa shape index (κ2) is 9.20. The number of anilines is 1. The molecule has 0 radical (unpaired) electrons. The van der Waals surface area contributed by atoms with Gasteiger partial charge in [-0.1, -0.05) is 32.0 Å². The van der Waals surface area contributed by atoms with E-state index in [0.717, 1.165) is 50.3 Å². The number of rotatable bonds is 8. The van der Waals surface area contributed by atoms with Crippen LogP contribution in [0.4, 0.5) is 10.1 Å². The molecule has 0 saturated carbocycles. The van der Waals surface area contributed by atoms with E-state index < -0.39 is 0 Å². The summed E-state index contributed by atoms with van der Waals surface area (Å²) in [7, 11) is 2.15. The highest BCUT2D eigenvalue weighted by Gasteiger charge is 2.32. The van der Waals surface area contributed by atoms with Crippen molar-refractivity contribution in [1.82, 2.24) is 9.80 Å². The molecule has 2 heterocycles. The second-order valence-electron chi connectivity index (χ2n) is 8.21. The first-order valence-electron chi connectivity index (χ1n) is 11.0. The largest absolute Gasteiger partial charge is 0.487 e. The minimum Gasteiger partial charge on any atom is -0.487 e. The number of carbonyl (C=O) groups is 1. The number of benzene rings is 2. The summed E-state index contributed by atoms with van der Waals surface area (Å²) in [6.45, 7) is 10.1. The van der Waals surface area contributed by atoms with Gasteiger partial charge >= 0.3 is 0 Å². The molecule has 0 unspecified atom stereocenters. The van der Waals surface area contributed by atoms with Gasteiger partial charge in [-0.25, -0.2) is 4.39 Å². The maximum atomic E-state index is 13.8. The number of carbonyl (C=O) groups excluding carboxylic acids is 1. The first kappa shape index (κ1) is 21.5. The van der Waals surface area contributed by atoms with Crippen LogP contribution in [-0.2, 0) is 22.6 Å². The Bertz CT molecular complexity index is 1020. The molecular formula is C25H30FN3O2. The third-order valence-electron chi connectivity index (χ3n) is 6.24. The molecule has 0 bridgehead atoms. The summed E-state index contributed by atoms with van der Waals surface area (Å²) in [5.74, 6) is -0.0723.